The lowest BCUT2D eigenvalue weighted by molar-refractivity contribution is 0.149. The zero-order valence-electron chi connectivity index (χ0n) is 10.0. The predicted octanol–water partition coefficient (Wildman–Crippen LogP) is 2.14. The molecule has 1 rings (SSSR count). The predicted molar refractivity (Wildman–Crippen MR) is 62.1 cm³/mol. The van der Waals surface area contributed by atoms with Crippen LogP contribution in [0.3, 0.4) is 0 Å². The summed E-state index contributed by atoms with van der Waals surface area (Å²) in [5.41, 5.74) is 2.92. The third-order valence-electron chi connectivity index (χ3n) is 2.63. The first-order valence-electron chi connectivity index (χ1n) is 5.48. The molecule has 96 valence electrons. The number of hydrogen-bond donors (Lipinski definition) is 2. The van der Waals surface area contributed by atoms with Gasteiger partial charge in [-0.25, -0.2) is 8.78 Å². The number of ether oxygens (including phenoxy) is 1. The Bertz CT molecular complexity index is 360. The summed E-state index contributed by atoms with van der Waals surface area (Å²) in [6.45, 7) is 2.55. The molecule has 2 atom stereocenters. The highest BCUT2D eigenvalue weighted by molar-refractivity contribution is 5.22. The SMILES string of the molecule is COCC(C)CC(NN)c1ccc(F)cc1F. The van der Waals surface area contributed by atoms with Crippen molar-refractivity contribution in [2.24, 2.45) is 11.8 Å². The van der Waals surface area contributed by atoms with Crippen LogP contribution in [0, 0.1) is 17.6 Å². The summed E-state index contributed by atoms with van der Waals surface area (Å²) in [5, 5.41) is 0. The van der Waals surface area contributed by atoms with E-state index in [0.717, 1.165) is 6.07 Å². The van der Waals surface area contributed by atoms with E-state index < -0.39 is 11.6 Å². The number of rotatable bonds is 6. The van der Waals surface area contributed by atoms with Gasteiger partial charge in [-0.05, 0) is 18.4 Å². The van der Waals surface area contributed by atoms with Crippen molar-refractivity contribution in [3.63, 3.8) is 0 Å². The third-order valence-corrected chi connectivity index (χ3v) is 2.63. The second-order valence-corrected chi connectivity index (χ2v) is 4.18. The van der Waals surface area contributed by atoms with E-state index in [4.69, 9.17) is 10.6 Å². The minimum atomic E-state index is -0.591. The number of halogens is 2. The summed E-state index contributed by atoms with van der Waals surface area (Å²) in [6.07, 6.45) is 0.618. The van der Waals surface area contributed by atoms with Gasteiger partial charge in [-0.2, -0.15) is 0 Å². The second kappa shape index (κ2) is 6.64. The van der Waals surface area contributed by atoms with E-state index in [-0.39, 0.29) is 12.0 Å². The lowest BCUT2D eigenvalue weighted by Crippen LogP contribution is -2.30. The topological polar surface area (TPSA) is 47.3 Å². The lowest BCUT2D eigenvalue weighted by atomic mass is 9.96. The number of methoxy groups -OCH3 is 1. The van der Waals surface area contributed by atoms with Crippen molar-refractivity contribution >= 4 is 0 Å². The number of nitrogens with one attached hydrogen (secondary N) is 1. The Morgan fingerprint density at radius 3 is 2.65 bits per heavy atom. The number of hydrazine groups is 1. The van der Waals surface area contributed by atoms with Gasteiger partial charge in [0.05, 0.1) is 0 Å². The fourth-order valence-corrected chi connectivity index (χ4v) is 1.82. The maximum atomic E-state index is 13.6. The van der Waals surface area contributed by atoms with E-state index in [0.29, 0.717) is 18.6 Å². The molecule has 3 N–H and O–H groups in total. The van der Waals surface area contributed by atoms with Gasteiger partial charge in [0.15, 0.2) is 0 Å². The van der Waals surface area contributed by atoms with Crippen LogP contribution in [0.4, 0.5) is 8.78 Å². The minimum Gasteiger partial charge on any atom is -0.384 e. The van der Waals surface area contributed by atoms with Crippen LogP contribution >= 0.6 is 0 Å². The van der Waals surface area contributed by atoms with Crippen LogP contribution in [-0.4, -0.2) is 13.7 Å². The maximum absolute atomic E-state index is 13.6. The minimum absolute atomic E-state index is 0.227. The average Bonchev–Trinajstić information content (AvgIpc) is 2.27. The van der Waals surface area contributed by atoms with Gasteiger partial charge in [-0.3, -0.25) is 11.3 Å². The van der Waals surface area contributed by atoms with Gasteiger partial charge in [-0.1, -0.05) is 13.0 Å². The number of nitrogens with two attached hydrogens (primary N) is 1. The Morgan fingerprint density at radius 2 is 2.12 bits per heavy atom. The van der Waals surface area contributed by atoms with Crippen molar-refractivity contribution in [3.05, 3.63) is 35.4 Å². The molecule has 2 unspecified atom stereocenters. The largest absolute Gasteiger partial charge is 0.384 e. The van der Waals surface area contributed by atoms with Gasteiger partial charge < -0.3 is 4.74 Å². The van der Waals surface area contributed by atoms with Crippen molar-refractivity contribution in [1.29, 1.82) is 0 Å². The number of benzene rings is 1. The molecule has 0 radical (unpaired) electrons. The third kappa shape index (κ3) is 4.03. The van der Waals surface area contributed by atoms with Crippen molar-refractivity contribution in [2.45, 2.75) is 19.4 Å². The van der Waals surface area contributed by atoms with Crippen LogP contribution in [-0.2, 0) is 4.74 Å². The highest BCUT2D eigenvalue weighted by atomic mass is 19.1. The molecule has 0 fully saturated rings. The van der Waals surface area contributed by atoms with Crippen LogP contribution in [0.5, 0.6) is 0 Å². The normalized spacial score (nSPS) is 14.6. The maximum Gasteiger partial charge on any atom is 0.130 e. The van der Waals surface area contributed by atoms with Crippen LogP contribution < -0.4 is 11.3 Å². The Kier molecular flexibility index (Phi) is 5.47. The molecule has 0 saturated heterocycles. The van der Waals surface area contributed by atoms with Crippen molar-refractivity contribution < 1.29 is 13.5 Å². The molecule has 0 aliphatic carbocycles. The van der Waals surface area contributed by atoms with Crippen molar-refractivity contribution in [2.75, 3.05) is 13.7 Å². The van der Waals surface area contributed by atoms with Crippen LogP contribution in [0.15, 0.2) is 18.2 Å². The van der Waals surface area contributed by atoms with E-state index in [1.165, 1.54) is 12.1 Å². The molecule has 5 heteroatoms. The first-order valence-corrected chi connectivity index (χ1v) is 5.48. The zero-order valence-corrected chi connectivity index (χ0v) is 10.0. The molecule has 1 aromatic carbocycles. The Labute approximate surface area is 99.9 Å². The zero-order chi connectivity index (χ0) is 12.8. The first kappa shape index (κ1) is 14.0. The second-order valence-electron chi connectivity index (χ2n) is 4.18. The highest BCUT2D eigenvalue weighted by Gasteiger charge is 2.17. The van der Waals surface area contributed by atoms with Gasteiger partial charge in [0.25, 0.3) is 0 Å². The molecule has 0 heterocycles. The summed E-state index contributed by atoms with van der Waals surface area (Å²) in [7, 11) is 1.61. The Morgan fingerprint density at radius 1 is 1.41 bits per heavy atom. The summed E-state index contributed by atoms with van der Waals surface area (Å²) in [5.74, 6) is 4.46. The quantitative estimate of drug-likeness (QED) is 0.595. The molecule has 0 saturated carbocycles. The van der Waals surface area contributed by atoms with Gasteiger partial charge >= 0.3 is 0 Å². The van der Waals surface area contributed by atoms with E-state index in [1.54, 1.807) is 7.11 Å². The standard InChI is InChI=1S/C12H18F2N2O/c1-8(7-17-2)5-12(16-15)10-4-3-9(13)6-11(10)14/h3-4,6,8,12,16H,5,7,15H2,1-2H3. The van der Waals surface area contributed by atoms with Gasteiger partial charge in [0.2, 0.25) is 0 Å². The summed E-state index contributed by atoms with van der Waals surface area (Å²) < 4.78 is 31.4. The molecule has 0 aromatic heterocycles. The molecule has 17 heavy (non-hydrogen) atoms. The fraction of sp³-hybridized carbons (Fsp3) is 0.500. The summed E-state index contributed by atoms with van der Waals surface area (Å²) in [6, 6.07) is 3.15. The molecule has 0 bridgehead atoms. The lowest BCUT2D eigenvalue weighted by Gasteiger charge is -2.20. The number of hydrogen-bond acceptors (Lipinski definition) is 3. The van der Waals surface area contributed by atoms with Gasteiger partial charge in [-0.15, -0.1) is 0 Å². The molecular formula is C12H18F2N2O. The summed E-state index contributed by atoms with van der Waals surface area (Å²) >= 11 is 0. The van der Waals surface area contributed by atoms with Crippen molar-refractivity contribution in [3.8, 4) is 0 Å². The molecule has 3 nitrogen and oxygen atoms in total. The monoisotopic (exact) mass is 244 g/mol. The highest BCUT2D eigenvalue weighted by Crippen LogP contribution is 2.23. The Balaban J connectivity index is 2.79. The van der Waals surface area contributed by atoms with Crippen LogP contribution in [0.25, 0.3) is 0 Å². The van der Waals surface area contributed by atoms with E-state index in [1.807, 2.05) is 6.92 Å². The average molecular weight is 244 g/mol. The van der Waals surface area contributed by atoms with E-state index in [9.17, 15) is 8.78 Å². The van der Waals surface area contributed by atoms with E-state index in [2.05, 4.69) is 5.43 Å². The Hall–Kier alpha value is -1.04. The molecule has 0 spiro atoms. The van der Waals surface area contributed by atoms with Crippen LogP contribution in [0.1, 0.15) is 24.9 Å². The molecule has 1 aromatic rings. The van der Waals surface area contributed by atoms with Crippen LogP contribution in [0.2, 0.25) is 0 Å². The smallest absolute Gasteiger partial charge is 0.130 e. The van der Waals surface area contributed by atoms with Crippen molar-refractivity contribution in [1.82, 2.24) is 5.43 Å². The van der Waals surface area contributed by atoms with E-state index >= 15 is 0 Å². The molecule has 0 aliphatic heterocycles. The van der Waals surface area contributed by atoms with Gasteiger partial charge in [0, 0.05) is 31.4 Å². The molecular weight excluding hydrogens is 226 g/mol. The molecule has 0 amide bonds. The molecule has 0 aliphatic rings. The van der Waals surface area contributed by atoms with Gasteiger partial charge in [0.1, 0.15) is 11.6 Å². The first-order chi connectivity index (χ1) is 8.08. The fourth-order valence-electron chi connectivity index (χ4n) is 1.82. The summed E-state index contributed by atoms with van der Waals surface area (Å²) in [4.78, 5) is 0.